The van der Waals surface area contributed by atoms with Crippen LogP contribution in [0.4, 0.5) is 10.2 Å². The Balaban J connectivity index is 0.00000196. The van der Waals surface area contributed by atoms with E-state index in [9.17, 15) is 9.18 Å². The molecule has 0 spiro atoms. The summed E-state index contributed by atoms with van der Waals surface area (Å²) in [5, 5.41) is 2.03. The lowest BCUT2D eigenvalue weighted by atomic mass is 9.97. The van der Waals surface area contributed by atoms with Gasteiger partial charge in [-0.3, -0.25) is 4.79 Å². The van der Waals surface area contributed by atoms with Gasteiger partial charge in [0.05, 0.1) is 5.38 Å². The first kappa shape index (κ1) is 24.7. The van der Waals surface area contributed by atoms with Crippen LogP contribution in [-0.4, -0.2) is 47.4 Å². The molecule has 3 rings (SSSR count). The Morgan fingerprint density at radius 2 is 2.11 bits per heavy atom. The van der Waals surface area contributed by atoms with E-state index in [1.54, 1.807) is 18.2 Å². The minimum Gasteiger partial charge on any atom is -0.474 e. The standard InChI is InChI=1S/C19H23ClFN3O2.2ClH/c1-12-11-24(2)9-8-16(12)26-18-5-3-4-17(22-18)23-19(25)14-7-6-13(21)10-15(14)20;;/h3-7,12,15-16H,8-11H2,1-2H3,(H,22,23,25);2*1H/t12-,15?,16+;;/m1../s1. The molecule has 0 aromatic carbocycles. The lowest BCUT2D eigenvalue weighted by Gasteiger charge is -2.34. The van der Waals surface area contributed by atoms with Crippen LogP contribution < -0.4 is 10.1 Å². The number of allylic oxidation sites excluding steroid dienone is 3. The van der Waals surface area contributed by atoms with Gasteiger partial charge in [0.1, 0.15) is 17.7 Å². The largest absolute Gasteiger partial charge is 0.474 e. The van der Waals surface area contributed by atoms with Crippen molar-refractivity contribution in [2.75, 3.05) is 25.5 Å². The Hall–Kier alpha value is -1.34. The Kier molecular flexibility index (Phi) is 9.70. The molecule has 9 heteroatoms. The van der Waals surface area contributed by atoms with E-state index < -0.39 is 5.38 Å². The number of aromatic nitrogens is 1. The van der Waals surface area contributed by atoms with Gasteiger partial charge in [-0.25, -0.2) is 4.39 Å². The number of nitrogens with one attached hydrogen (secondary N) is 1. The first-order valence-corrected chi connectivity index (χ1v) is 9.20. The summed E-state index contributed by atoms with van der Waals surface area (Å²) in [6.45, 7) is 4.13. The van der Waals surface area contributed by atoms with Gasteiger partial charge in [0.2, 0.25) is 5.88 Å². The van der Waals surface area contributed by atoms with E-state index in [1.807, 2.05) is 0 Å². The fourth-order valence-corrected chi connectivity index (χ4v) is 3.57. The molecular formula is C19H25Cl3FN3O2. The first-order valence-electron chi connectivity index (χ1n) is 8.76. The average molecular weight is 453 g/mol. The van der Waals surface area contributed by atoms with Crippen molar-refractivity contribution in [1.82, 2.24) is 9.88 Å². The number of amides is 1. The maximum atomic E-state index is 13.2. The number of rotatable bonds is 4. The number of ether oxygens (including phenoxy) is 1. The van der Waals surface area contributed by atoms with E-state index >= 15 is 0 Å². The van der Waals surface area contributed by atoms with Crippen LogP contribution in [0.5, 0.6) is 5.88 Å². The zero-order valence-corrected chi connectivity index (χ0v) is 18.1. The third-order valence-corrected chi connectivity index (χ3v) is 5.07. The quantitative estimate of drug-likeness (QED) is 0.689. The number of carbonyl (C=O) groups is 1. The number of nitrogens with zero attached hydrogens (tertiary/aromatic N) is 2. The normalized spacial score (nSPS) is 24.8. The van der Waals surface area contributed by atoms with Crippen LogP contribution in [0.3, 0.4) is 0 Å². The first-order chi connectivity index (χ1) is 12.4. The van der Waals surface area contributed by atoms with Gasteiger partial charge in [0.15, 0.2) is 0 Å². The second kappa shape index (κ2) is 11.0. The fraction of sp³-hybridized carbons (Fsp3) is 0.474. The molecule has 1 aliphatic carbocycles. The lowest BCUT2D eigenvalue weighted by Crippen LogP contribution is -2.42. The monoisotopic (exact) mass is 451 g/mol. The van der Waals surface area contributed by atoms with Crippen LogP contribution in [0, 0.1) is 5.92 Å². The molecule has 1 N–H and O–H groups in total. The highest BCUT2D eigenvalue weighted by atomic mass is 35.5. The summed E-state index contributed by atoms with van der Waals surface area (Å²) in [5.41, 5.74) is 0.324. The average Bonchev–Trinajstić information content (AvgIpc) is 2.57. The molecule has 28 heavy (non-hydrogen) atoms. The van der Waals surface area contributed by atoms with Crippen LogP contribution in [-0.2, 0) is 4.79 Å². The molecule has 0 bridgehead atoms. The third kappa shape index (κ3) is 6.34. The summed E-state index contributed by atoms with van der Waals surface area (Å²) in [5.74, 6) is 0.552. The Morgan fingerprint density at radius 1 is 1.36 bits per heavy atom. The number of carbonyl (C=O) groups excluding carboxylic acids is 1. The molecule has 1 aromatic heterocycles. The molecule has 156 valence electrons. The molecule has 3 atom stereocenters. The van der Waals surface area contributed by atoms with Crippen LogP contribution in [0.15, 0.2) is 41.8 Å². The molecule has 1 unspecified atom stereocenters. The summed E-state index contributed by atoms with van der Waals surface area (Å²) in [6, 6.07) is 5.25. The van der Waals surface area contributed by atoms with Gasteiger partial charge in [-0.15, -0.1) is 36.4 Å². The van der Waals surface area contributed by atoms with E-state index in [-0.39, 0.29) is 49.1 Å². The molecule has 1 aromatic rings. The van der Waals surface area contributed by atoms with Gasteiger partial charge in [0.25, 0.3) is 5.91 Å². The molecule has 1 aliphatic heterocycles. The second-order valence-electron chi connectivity index (χ2n) is 6.91. The zero-order valence-electron chi connectivity index (χ0n) is 15.7. The minimum absolute atomic E-state index is 0. The van der Waals surface area contributed by atoms with Crippen molar-refractivity contribution in [2.24, 2.45) is 5.92 Å². The smallest absolute Gasteiger partial charge is 0.254 e. The number of anilines is 1. The predicted octanol–water partition coefficient (Wildman–Crippen LogP) is 4.37. The molecule has 2 heterocycles. The molecule has 1 amide bonds. The number of piperidine rings is 1. The van der Waals surface area contributed by atoms with Gasteiger partial charge in [0, 0.05) is 37.1 Å². The van der Waals surface area contributed by atoms with Crippen molar-refractivity contribution < 1.29 is 13.9 Å². The summed E-state index contributed by atoms with van der Waals surface area (Å²) in [4.78, 5) is 19.0. The van der Waals surface area contributed by atoms with Crippen LogP contribution in [0.2, 0.25) is 0 Å². The van der Waals surface area contributed by atoms with E-state index in [2.05, 4.69) is 29.2 Å². The number of pyridine rings is 1. The van der Waals surface area contributed by atoms with Crippen molar-refractivity contribution in [3.05, 3.63) is 41.8 Å². The molecular weight excluding hydrogens is 428 g/mol. The Labute approximate surface area is 182 Å². The topological polar surface area (TPSA) is 54.5 Å². The number of hydrogen-bond acceptors (Lipinski definition) is 4. The van der Waals surface area contributed by atoms with Crippen molar-refractivity contribution in [1.29, 1.82) is 0 Å². The van der Waals surface area contributed by atoms with Crippen molar-refractivity contribution >= 4 is 48.1 Å². The summed E-state index contributed by atoms with van der Waals surface area (Å²) >= 11 is 6.07. The maximum Gasteiger partial charge on any atom is 0.254 e. The number of halogens is 4. The number of hydrogen-bond donors (Lipinski definition) is 1. The van der Waals surface area contributed by atoms with E-state index in [4.69, 9.17) is 16.3 Å². The molecule has 1 saturated heterocycles. The van der Waals surface area contributed by atoms with Gasteiger partial charge in [-0.05, 0) is 31.7 Å². The number of alkyl halides is 1. The lowest BCUT2D eigenvalue weighted by molar-refractivity contribution is -0.113. The molecule has 1 fully saturated rings. The third-order valence-electron chi connectivity index (χ3n) is 4.68. The van der Waals surface area contributed by atoms with E-state index in [1.165, 1.54) is 12.2 Å². The van der Waals surface area contributed by atoms with E-state index in [0.29, 0.717) is 23.2 Å². The summed E-state index contributed by atoms with van der Waals surface area (Å²) in [7, 11) is 2.10. The zero-order chi connectivity index (χ0) is 18.7. The van der Waals surface area contributed by atoms with Crippen LogP contribution in [0.25, 0.3) is 0 Å². The SMILES string of the molecule is C[C@@H]1CN(C)CC[C@@H]1Oc1cccc(NC(=O)C2=CC=C(F)CC2Cl)n1.Cl.Cl. The molecule has 2 aliphatic rings. The fourth-order valence-electron chi connectivity index (χ4n) is 3.25. The van der Waals surface area contributed by atoms with E-state index in [0.717, 1.165) is 19.5 Å². The van der Waals surface area contributed by atoms with Gasteiger partial charge < -0.3 is 15.0 Å². The van der Waals surface area contributed by atoms with Crippen molar-refractivity contribution in [2.45, 2.75) is 31.2 Å². The molecule has 0 radical (unpaired) electrons. The van der Waals surface area contributed by atoms with Crippen LogP contribution >= 0.6 is 36.4 Å². The van der Waals surface area contributed by atoms with Gasteiger partial charge in [-0.2, -0.15) is 4.98 Å². The minimum atomic E-state index is -0.681. The Morgan fingerprint density at radius 3 is 2.79 bits per heavy atom. The second-order valence-corrected chi connectivity index (χ2v) is 7.43. The highest BCUT2D eigenvalue weighted by Gasteiger charge is 2.26. The predicted molar refractivity (Wildman–Crippen MR) is 115 cm³/mol. The Bertz CT molecular complexity index is 745. The van der Waals surface area contributed by atoms with Gasteiger partial charge >= 0.3 is 0 Å². The highest BCUT2D eigenvalue weighted by molar-refractivity contribution is 6.27. The van der Waals surface area contributed by atoms with Gasteiger partial charge in [-0.1, -0.05) is 13.0 Å². The molecule has 0 saturated carbocycles. The van der Waals surface area contributed by atoms with Crippen molar-refractivity contribution in [3.63, 3.8) is 0 Å². The van der Waals surface area contributed by atoms with Crippen molar-refractivity contribution in [3.8, 4) is 5.88 Å². The maximum absolute atomic E-state index is 13.2. The van der Waals surface area contributed by atoms with Crippen LogP contribution in [0.1, 0.15) is 19.8 Å². The molecule has 5 nitrogen and oxygen atoms in total. The summed E-state index contributed by atoms with van der Waals surface area (Å²) < 4.78 is 19.2. The highest BCUT2D eigenvalue weighted by Crippen LogP contribution is 2.26. The number of likely N-dealkylation sites (tertiary alicyclic amines) is 1. The summed E-state index contributed by atoms with van der Waals surface area (Å²) in [6.07, 6.45) is 3.74.